The van der Waals surface area contributed by atoms with E-state index in [9.17, 15) is 0 Å². The van der Waals surface area contributed by atoms with Gasteiger partial charge in [-0.05, 0) is 26.3 Å². The van der Waals surface area contributed by atoms with Crippen molar-refractivity contribution in [1.29, 1.82) is 0 Å². The lowest BCUT2D eigenvalue weighted by Gasteiger charge is -2.19. The molecule has 2 heterocycles. The number of nitrogens with one attached hydrogen (secondary N) is 1. The van der Waals surface area contributed by atoms with Gasteiger partial charge in [-0.2, -0.15) is 4.98 Å². The summed E-state index contributed by atoms with van der Waals surface area (Å²) < 4.78 is 10.3. The van der Waals surface area contributed by atoms with Gasteiger partial charge in [0, 0.05) is 6.61 Å². The highest BCUT2D eigenvalue weighted by Crippen LogP contribution is 2.20. The van der Waals surface area contributed by atoms with Gasteiger partial charge in [0.25, 0.3) is 5.89 Å². The normalized spacial score (nSPS) is 21.8. The van der Waals surface area contributed by atoms with Crippen LogP contribution in [0.15, 0.2) is 4.52 Å². The molecule has 15 heavy (non-hydrogen) atoms. The molecule has 0 bridgehead atoms. The Bertz CT molecular complexity index is 295. The first-order valence-corrected chi connectivity index (χ1v) is 5.53. The van der Waals surface area contributed by atoms with Gasteiger partial charge in [0.2, 0.25) is 0 Å². The Morgan fingerprint density at radius 3 is 3.20 bits per heavy atom. The molecule has 1 aliphatic rings. The highest BCUT2D eigenvalue weighted by Gasteiger charge is 2.19. The van der Waals surface area contributed by atoms with Gasteiger partial charge >= 0.3 is 0 Å². The van der Waals surface area contributed by atoms with Crippen molar-refractivity contribution >= 4 is 0 Å². The zero-order valence-electron chi connectivity index (χ0n) is 9.03. The van der Waals surface area contributed by atoms with E-state index in [4.69, 9.17) is 9.26 Å². The maximum Gasteiger partial charge on any atom is 0.252 e. The van der Waals surface area contributed by atoms with E-state index in [1.165, 1.54) is 12.8 Å². The number of hydrogen-bond donors (Lipinski definition) is 1. The first kappa shape index (κ1) is 10.6. The smallest absolute Gasteiger partial charge is 0.252 e. The molecule has 1 N–H and O–H groups in total. The minimum atomic E-state index is 0.262. The topological polar surface area (TPSA) is 60.2 Å². The van der Waals surface area contributed by atoms with E-state index in [0.29, 0.717) is 19.1 Å². The second-order valence-corrected chi connectivity index (χ2v) is 3.69. The molecule has 0 saturated carbocycles. The van der Waals surface area contributed by atoms with Gasteiger partial charge in [0.05, 0.1) is 6.04 Å². The van der Waals surface area contributed by atoms with E-state index in [1.54, 1.807) is 0 Å². The molecule has 0 amide bonds. The molecule has 1 saturated heterocycles. The summed E-state index contributed by atoms with van der Waals surface area (Å²) in [6, 6.07) is 0.262. The van der Waals surface area contributed by atoms with Crippen molar-refractivity contribution in [1.82, 2.24) is 15.5 Å². The average molecular weight is 211 g/mol. The van der Waals surface area contributed by atoms with Crippen molar-refractivity contribution in [2.75, 3.05) is 13.2 Å². The van der Waals surface area contributed by atoms with Crippen LogP contribution in [-0.4, -0.2) is 23.3 Å². The van der Waals surface area contributed by atoms with Crippen molar-refractivity contribution in [3.63, 3.8) is 0 Å². The molecule has 1 fully saturated rings. The van der Waals surface area contributed by atoms with Gasteiger partial charge in [0.15, 0.2) is 5.82 Å². The van der Waals surface area contributed by atoms with Crippen molar-refractivity contribution in [2.24, 2.45) is 0 Å². The standard InChI is InChI=1S/C10H17N3O2/c1-2-14-7-9-12-10(13-15-9)8-5-3-4-6-11-8/h8,11H,2-7H2,1H3. The molecule has 1 aromatic rings. The second kappa shape index (κ2) is 5.23. The van der Waals surface area contributed by atoms with Crippen molar-refractivity contribution in [2.45, 2.75) is 38.8 Å². The number of hydrogen-bond acceptors (Lipinski definition) is 5. The van der Waals surface area contributed by atoms with Crippen LogP contribution < -0.4 is 5.32 Å². The summed E-state index contributed by atoms with van der Waals surface area (Å²) in [5.41, 5.74) is 0. The number of aromatic nitrogens is 2. The van der Waals surface area contributed by atoms with Crippen LogP contribution in [0.25, 0.3) is 0 Å². The zero-order chi connectivity index (χ0) is 10.5. The van der Waals surface area contributed by atoms with Gasteiger partial charge in [0.1, 0.15) is 6.61 Å². The van der Waals surface area contributed by atoms with Crippen LogP contribution in [0.3, 0.4) is 0 Å². The van der Waals surface area contributed by atoms with Crippen LogP contribution in [0, 0.1) is 0 Å². The zero-order valence-corrected chi connectivity index (χ0v) is 9.03. The fraction of sp³-hybridized carbons (Fsp3) is 0.800. The van der Waals surface area contributed by atoms with E-state index >= 15 is 0 Å². The highest BCUT2D eigenvalue weighted by atomic mass is 16.5. The van der Waals surface area contributed by atoms with E-state index in [-0.39, 0.29) is 6.04 Å². The lowest BCUT2D eigenvalue weighted by Crippen LogP contribution is -2.27. The Morgan fingerprint density at radius 1 is 1.53 bits per heavy atom. The number of rotatable bonds is 4. The molecular weight excluding hydrogens is 194 g/mol. The van der Waals surface area contributed by atoms with E-state index in [0.717, 1.165) is 18.8 Å². The SMILES string of the molecule is CCOCc1nc(C2CCCCN2)no1. The quantitative estimate of drug-likeness (QED) is 0.816. The van der Waals surface area contributed by atoms with Crippen LogP contribution in [-0.2, 0) is 11.3 Å². The summed E-state index contributed by atoms with van der Waals surface area (Å²) in [5.74, 6) is 1.34. The maximum atomic E-state index is 5.20. The van der Waals surface area contributed by atoms with Gasteiger partial charge in [-0.1, -0.05) is 11.6 Å². The number of nitrogens with zero attached hydrogens (tertiary/aromatic N) is 2. The maximum absolute atomic E-state index is 5.20. The molecule has 0 radical (unpaired) electrons. The average Bonchev–Trinajstić information content (AvgIpc) is 2.76. The Labute approximate surface area is 89.2 Å². The summed E-state index contributed by atoms with van der Waals surface area (Å²) in [4.78, 5) is 4.31. The summed E-state index contributed by atoms with van der Waals surface area (Å²) in [7, 11) is 0. The van der Waals surface area contributed by atoms with Crippen LogP contribution in [0.4, 0.5) is 0 Å². The third-order valence-corrected chi connectivity index (χ3v) is 2.54. The summed E-state index contributed by atoms with van der Waals surface area (Å²) in [6.07, 6.45) is 3.56. The van der Waals surface area contributed by atoms with Crippen molar-refractivity contribution in [3.05, 3.63) is 11.7 Å². The van der Waals surface area contributed by atoms with E-state index < -0.39 is 0 Å². The van der Waals surface area contributed by atoms with E-state index in [1.807, 2.05) is 6.92 Å². The minimum Gasteiger partial charge on any atom is -0.372 e. The van der Waals surface area contributed by atoms with E-state index in [2.05, 4.69) is 15.5 Å². The highest BCUT2D eigenvalue weighted by molar-refractivity contribution is 4.95. The van der Waals surface area contributed by atoms with Gasteiger partial charge in [-0.3, -0.25) is 0 Å². The first-order chi connectivity index (χ1) is 7.40. The second-order valence-electron chi connectivity index (χ2n) is 3.69. The van der Waals surface area contributed by atoms with Gasteiger partial charge in [-0.25, -0.2) is 0 Å². The summed E-state index contributed by atoms with van der Waals surface area (Å²) in [5, 5.41) is 7.34. The first-order valence-electron chi connectivity index (χ1n) is 5.53. The molecule has 84 valence electrons. The minimum absolute atomic E-state index is 0.262. The Hall–Kier alpha value is -0.940. The molecule has 1 atom stereocenters. The number of piperidine rings is 1. The van der Waals surface area contributed by atoms with Crippen molar-refractivity contribution < 1.29 is 9.26 Å². The van der Waals surface area contributed by atoms with Gasteiger partial charge in [-0.15, -0.1) is 0 Å². The predicted octanol–water partition coefficient (Wildman–Crippen LogP) is 1.42. The third-order valence-electron chi connectivity index (χ3n) is 2.54. The molecule has 0 aromatic carbocycles. The largest absolute Gasteiger partial charge is 0.372 e. The van der Waals surface area contributed by atoms with Crippen LogP contribution >= 0.6 is 0 Å². The fourth-order valence-corrected chi connectivity index (χ4v) is 1.73. The van der Waals surface area contributed by atoms with Crippen molar-refractivity contribution in [3.8, 4) is 0 Å². The monoisotopic (exact) mass is 211 g/mol. The van der Waals surface area contributed by atoms with Crippen LogP contribution in [0.1, 0.15) is 43.9 Å². The Balaban J connectivity index is 1.93. The molecule has 0 aliphatic carbocycles. The van der Waals surface area contributed by atoms with Crippen LogP contribution in [0.2, 0.25) is 0 Å². The molecule has 1 aliphatic heterocycles. The Kier molecular flexibility index (Phi) is 3.69. The van der Waals surface area contributed by atoms with Gasteiger partial charge < -0.3 is 14.6 Å². The molecule has 2 rings (SSSR count). The molecule has 5 nitrogen and oxygen atoms in total. The number of ether oxygens (including phenoxy) is 1. The summed E-state index contributed by atoms with van der Waals surface area (Å²) in [6.45, 7) is 4.07. The predicted molar refractivity (Wildman–Crippen MR) is 54.2 cm³/mol. The molecule has 0 spiro atoms. The molecular formula is C10H17N3O2. The molecule has 1 aromatic heterocycles. The molecule has 1 unspecified atom stereocenters. The summed E-state index contributed by atoms with van der Waals surface area (Å²) >= 11 is 0. The Morgan fingerprint density at radius 2 is 2.47 bits per heavy atom. The lowest BCUT2D eigenvalue weighted by molar-refractivity contribution is 0.109. The third kappa shape index (κ3) is 2.76. The molecule has 5 heteroatoms. The fourth-order valence-electron chi connectivity index (χ4n) is 1.73. The van der Waals surface area contributed by atoms with Crippen LogP contribution in [0.5, 0.6) is 0 Å². The lowest BCUT2D eigenvalue weighted by atomic mass is 10.0.